The number of aromatic nitrogens is 1. The number of pyridine rings is 1. The smallest absolute Gasteiger partial charge is 0.238 e. The molecule has 148 valence electrons. The van der Waals surface area contributed by atoms with E-state index in [0.717, 1.165) is 5.56 Å². The number of anilines is 1. The minimum Gasteiger partial charge on any atom is -0.479 e. The van der Waals surface area contributed by atoms with Crippen LogP contribution in [0.15, 0.2) is 24.3 Å². The van der Waals surface area contributed by atoms with Crippen LogP contribution in [0.2, 0.25) is 0 Å². The van der Waals surface area contributed by atoms with E-state index < -0.39 is 5.41 Å². The van der Waals surface area contributed by atoms with Crippen molar-refractivity contribution in [3.8, 4) is 5.88 Å². The summed E-state index contributed by atoms with van der Waals surface area (Å²) in [5.74, 6) is -0.370. The molecular formula is C22H26N2O4. The van der Waals surface area contributed by atoms with Crippen molar-refractivity contribution in [2.75, 3.05) is 12.4 Å². The number of hydrogen-bond donors (Lipinski definition) is 1. The number of ketones is 1. The van der Waals surface area contributed by atoms with Gasteiger partial charge in [-0.25, -0.2) is 4.98 Å². The SMILES string of the molecule is CCc1c(C)nc(OC)c(NC(=O)C(C)(C)C)c1C(=O)c1cccc(C=O)c1. The summed E-state index contributed by atoms with van der Waals surface area (Å²) < 4.78 is 5.38. The van der Waals surface area contributed by atoms with Crippen LogP contribution in [0.4, 0.5) is 5.69 Å². The molecule has 0 saturated carbocycles. The number of carbonyl (C=O) groups excluding carboxylic acids is 3. The van der Waals surface area contributed by atoms with E-state index >= 15 is 0 Å². The van der Waals surface area contributed by atoms with Crippen molar-refractivity contribution < 1.29 is 19.1 Å². The molecule has 6 heteroatoms. The predicted molar refractivity (Wildman–Crippen MR) is 108 cm³/mol. The van der Waals surface area contributed by atoms with Gasteiger partial charge in [0.1, 0.15) is 12.0 Å². The molecule has 1 N–H and O–H groups in total. The number of rotatable bonds is 6. The Balaban J connectivity index is 2.74. The topological polar surface area (TPSA) is 85.4 Å². The van der Waals surface area contributed by atoms with E-state index in [9.17, 15) is 14.4 Å². The fraction of sp³-hybridized carbons (Fsp3) is 0.364. The zero-order chi connectivity index (χ0) is 21.1. The van der Waals surface area contributed by atoms with Crippen molar-refractivity contribution in [1.29, 1.82) is 0 Å². The largest absolute Gasteiger partial charge is 0.479 e. The lowest BCUT2D eigenvalue weighted by molar-refractivity contribution is -0.123. The number of aryl methyl sites for hydroxylation is 1. The second-order valence-corrected chi connectivity index (χ2v) is 7.57. The number of nitrogens with one attached hydrogen (secondary N) is 1. The Hall–Kier alpha value is -3.02. The molecule has 0 saturated heterocycles. The van der Waals surface area contributed by atoms with Crippen molar-refractivity contribution >= 4 is 23.7 Å². The van der Waals surface area contributed by atoms with Gasteiger partial charge >= 0.3 is 0 Å². The van der Waals surface area contributed by atoms with Crippen LogP contribution in [-0.4, -0.2) is 30.1 Å². The standard InChI is InChI=1S/C22H26N2O4/c1-7-16-13(2)23-20(28-6)18(24-21(27)22(3,4)5)17(16)19(26)15-10-8-9-14(11-15)12-25/h8-12H,7H2,1-6H3,(H,24,27). The molecule has 0 bridgehead atoms. The lowest BCUT2D eigenvalue weighted by Gasteiger charge is -2.22. The van der Waals surface area contributed by atoms with Gasteiger partial charge < -0.3 is 10.1 Å². The first kappa shape index (κ1) is 21.3. The van der Waals surface area contributed by atoms with Gasteiger partial charge in [0.15, 0.2) is 5.78 Å². The van der Waals surface area contributed by atoms with Gasteiger partial charge in [0.2, 0.25) is 11.8 Å². The fourth-order valence-electron chi connectivity index (χ4n) is 2.86. The normalized spacial score (nSPS) is 11.1. The predicted octanol–water partition coefficient (Wildman–Crippen LogP) is 3.99. The molecule has 0 unspecified atom stereocenters. The number of aldehydes is 1. The first-order valence-electron chi connectivity index (χ1n) is 9.12. The van der Waals surface area contributed by atoms with Crippen LogP contribution in [0, 0.1) is 12.3 Å². The molecule has 1 aromatic heterocycles. The Bertz CT molecular complexity index is 927. The fourth-order valence-corrected chi connectivity index (χ4v) is 2.86. The zero-order valence-electron chi connectivity index (χ0n) is 17.2. The highest BCUT2D eigenvalue weighted by Crippen LogP contribution is 2.34. The first-order valence-corrected chi connectivity index (χ1v) is 9.12. The molecular weight excluding hydrogens is 356 g/mol. The number of hydrogen-bond acceptors (Lipinski definition) is 5. The van der Waals surface area contributed by atoms with Crippen LogP contribution < -0.4 is 10.1 Å². The highest BCUT2D eigenvalue weighted by atomic mass is 16.5. The third-order valence-electron chi connectivity index (χ3n) is 4.45. The van der Waals surface area contributed by atoms with E-state index in [1.165, 1.54) is 13.2 Å². The molecule has 1 aromatic carbocycles. The Morgan fingerprint density at radius 2 is 1.93 bits per heavy atom. The number of carbonyl (C=O) groups is 3. The van der Waals surface area contributed by atoms with Gasteiger partial charge in [-0.15, -0.1) is 0 Å². The van der Waals surface area contributed by atoms with E-state index in [0.29, 0.717) is 35.1 Å². The molecule has 0 radical (unpaired) electrons. The maximum absolute atomic E-state index is 13.4. The van der Waals surface area contributed by atoms with Gasteiger partial charge in [-0.2, -0.15) is 0 Å². The Morgan fingerprint density at radius 3 is 2.46 bits per heavy atom. The highest BCUT2D eigenvalue weighted by Gasteiger charge is 2.29. The van der Waals surface area contributed by atoms with Crippen LogP contribution in [0.5, 0.6) is 5.88 Å². The lowest BCUT2D eigenvalue weighted by atomic mass is 9.92. The van der Waals surface area contributed by atoms with Crippen molar-refractivity contribution in [3.63, 3.8) is 0 Å². The molecule has 0 aliphatic rings. The molecule has 0 aliphatic carbocycles. The zero-order valence-corrected chi connectivity index (χ0v) is 17.2. The van der Waals surface area contributed by atoms with Crippen LogP contribution in [-0.2, 0) is 11.2 Å². The summed E-state index contributed by atoms with van der Waals surface area (Å²) in [6.07, 6.45) is 1.24. The highest BCUT2D eigenvalue weighted by molar-refractivity contribution is 6.16. The number of benzene rings is 1. The quantitative estimate of drug-likeness (QED) is 0.603. The van der Waals surface area contributed by atoms with Crippen molar-refractivity contribution in [3.05, 3.63) is 52.2 Å². The summed E-state index contributed by atoms with van der Waals surface area (Å²) in [7, 11) is 1.45. The van der Waals surface area contributed by atoms with E-state index in [-0.39, 0.29) is 23.3 Å². The monoisotopic (exact) mass is 382 g/mol. The number of amides is 1. The average molecular weight is 382 g/mol. The summed E-state index contributed by atoms with van der Waals surface area (Å²) in [6.45, 7) is 9.07. The van der Waals surface area contributed by atoms with Gasteiger partial charge in [0.25, 0.3) is 0 Å². The average Bonchev–Trinajstić information content (AvgIpc) is 2.67. The van der Waals surface area contributed by atoms with Crippen molar-refractivity contribution in [2.45, 2.75) is 41.0 Å². The lowest BCUT2D eigenvalue weighted by Crippen LogP contribution is -2.29. The summed E-state index contributed by atoms with van der Waals surface area (Å²) in [6, 6.07) is 6.46. The summed E-state index contributed by atoms with van der Waals surface area (Å²) in [4.78, 5) is 41.6. The number of ether oxygens (including phenoxy) is 1. The van der Waals surface area contributed by atoms with Gasteiger partial charge in [0.05, 0.1) is 12.7 Å². The van der Waals surface area contributed by atoms with Crippen LogP contribution in [0.3, 0.4) is 0 Å². The van der Waals surface area contributed by atoms with E-state index in [1.54, 1.807) is 45.9 Å². The molecule has 6 nitrogen and oxygen atoms in total. The van der Waals surface area contributed by atoms with Gasteiger partial charge in [-0.05, 0) is 25.0 Å². The Morgan fingerprint density at radius 1 is 1.25 bits per heavy atom. The number of methoxy groups -OCH3 is 1. The maximum Gasteiger partial charge on any atom is 0.238 e. The molecule has 2 rings (SSSR count). The van der Waals surface area contributed by atoms with Crippen LogP contribution in [0.25, 0.3) is 0 Å². The molecule has 2 aromatic rings. The second kappa shape index (κ2) is 8.33. The molecule has 1 amide bonds. The Labute approximate surface area is 165 Å². The summed E-state index contributed by atoms with van der Waals surface area (Å²) in [5, 5.41) is 2.83. The van der Waals surface area contributed by atoms with E-state index in [1.807, 2.05) is 6.92 Å². The van der Waals surface area contributed by atoms with Crippen molar-refractivity contribution in [1.82, 2.24) is 4.98 Å². The minimum atomic E-state index is -0.667. The molecule has 1 heterocycles. The van der Waals surface area contributed by atoms with E-state index in [4.69, 9.17) is 4.74 Å². The third-order valence-corrected chi connectivity index (χ3v) is 4.45. The maximum atomic E-state index is 13.4. The van der Waals surface area contributed by atoms with Crippen LogP contribution in [0.1, 0.15) is 65.2 Å². The first-order chi connectivity index (χ1) is 13.1. The van der Waals surface area contributed by atoms with Gasteiger partial charge in [-0.3, -0.25) is 14.4 Å². The summed E-state index contributed by atoms with van der Waals surface area (Å²) >= 11 is 0. The Kier molecular flexibility index (Phi) is 6.33. The molecule has 0 spiro atoms. The molecule has 28 heavy (non-hydrogen) atoms. The number of nitrogens with zero attached hydrogens (tertiary/aromatic N) is 1. The summed E-state index contributed by atoms with van der Waals surface area (Å²) in [5.41, 5.74) is 2.08. The molecule has 0 atom stereocenters. The van der Waals surface area contributed by atoms with Crippen LogP contribution >= 0.6 is 0 Å². The third kappa shape index (κ3) is 4.27. The minimum absolute atomic E-state index is 0.183. The van der Waals surface area contributed by atoms with Gasteiger partial charge in [-0.1, -0.05) is 45.9 Å². The molecule has 0 fully saturated rings. The van der Waals surface area contributed by atoms with E-state index in [2.05, 4.69) is 10.3 Å². The second-order valence-electron chi connectivity index (χ2n) is 7.57. The molecule has 0 aliphatic heterocycles. The van der Waals surface area contributed by atoms with Gasteiger partial charge in [0, 0.05) is 22.2 Å². The van der Waals surface area contributed by atoms with Crippen molar-refractivity contribution in [2.24, 2.45) is 5.41 Å².